The van der Waals surface area contributed by atoms with Gasteiger partial charge in [-0.1, -0.05) is 0 Å². The van der Waals surface area contributed by atoms with Gasteiger partial charge in [-0.25, -0.2) is 4.79 Å². The first-order chi connectivity index (χ1) is 9.10. The fourth-order valence-electron chi connectivity index (χ4n) is 2.95. The van der Waals surface area contributed by atoms with Crippen LogP contribution in [0, 0.1) is 0 Å². The Balaban J connectivity index is 1.99. The second-order valence-corrected chi connectivity index (χ2v) is 4.77. The molecule has 0 aliphatic carbocycles. The van der Waals surface area contributed by atoms with Crippen LogP contribution in [0.15, 0.2) is 18.2 Å². The molecule has 1 saturated heterocycles. The molecule has 6 nitrogen and oxygen atoms in total. The first-order valence-corrected chi connectivity index (χ1v) is 6.14. The summed E-state index contributed by atoms with van der Waals surface area (Å²) in [6.45, 7) is 0.456. The van der Waals surface area contributed by atoms with Crippen molar-refractivity contribution in [1.82, 2.24) is 4.90 Å². The minimum atomic E-state index is -1.40. The lowest BCUT2D eigenvalue weighted by Gasteiger charge is -2.32. The van der Waals surface area contributed by atoms with Gasteiger partial charge in [-0.05, 0) is 30.2 Å². The van der Waals surface area contributed by atoms with Gasteiger partial charge in [0.15, 0.2) is 0 Å². The Hall–Kier alpha value is -1.95. The largest absolute Gasteiger partial charge is 0.497 e. The quantitative estimate of drug-likeness (QED) is 0.800. The molecule has 2 atom stereocenters. The first-order valence-electron chi connectivity index (χ1n) is 6.14. The number of amides is 1. The lowest BCUT2D eigenvalue weighted by molar-refractivity contribution is -0.0509. The maximum Gasteiger partial charge on any atom is 0.413 e. The average molecular weight is 264 g/mol. The molecule has 6 heteroatoms. The summed E-state index contributed by atoms with van der Waals surface area (Å²) in [5, 5.41) is 13.8. The zero-order valence-corrected chi connectivity index (χ0v) is 10.8. The summed E-state index contributed by atoms with van der Waals surface area (Å²) in [6.07, 6.45) is 0.149. The number of nitrogens with one attached hydrogen (secondary N) is 1. The number of methoxy groups -OCH3 is 2. The van der Waals surface area contributed by atoms with Crippen LogP contribution in [-0.2, 0) is 4.74 Å². The summed E-state index contributed by atoms with van der Waals surface area (Å²) < 4.78 is 9.92. The van der Waals surface area contributed by atoms with E-state index >= 15 is 0 Å². The number of carbonyl (C=O) groups is 1. The van der Waals surface area contributed by atoms with E-state index in [2.05, 4.69) is 5.32 Å². The predicted octanol–water partition coefficient (Wildman–Crippen LogP) is 1.32. The molecule has 1 fully saturated rings. The van der Waals surface area contributed by atoms with Crippen LogP contribution in [0.1, 0.15) is 17.9 Å². The number of ether oxygens (including phenoxy) is 2. The molecule has 2 aliphatic heterocycles. The monoisotopic (exact) mass is 264 g/mol. The highest BCUT2D eigenvalue weighted by Gasteiger charge is 2.55. The highest BCUT2D eigenvalue weighted by molar-refractivity contribution is 5.73. The minimum Gasteiger partial charge on any atom is -0.497 e. The fraction of sp³-hybridized carbons (Fsp3) is 0.462. The van der Waals surface area contributed by atoms with E-state index in [0.29, 0.717) is 13.0 Å². The van der Waals surface area contributed by atoms with Gasteiger partial charge in [0.25, 0.3) is 0 Å². The minimum absolute atomic E-state index is 0.170. The third-order valence-electron chi connectivity index (χ3n) is 3.89. The number of anilines is 1. The highest BCUT2D eigenvalue weighted by Crippen LogP contribution is 2.50. The number of likely N-dealkylation sites (tertiary alicyclic amines) is 1. The molecule has 1 aromatic rings. The second-order valence-electron chi connectivity index (χ2n) is 4.77. The predicted molar refractivity (Wildman–Crippen MR) is 68.0 cm³/mol. The van der Waals surface area contributed by atoms with E-state index in [1.165, 1.54) is 12.0 Å². The van der Waals surface area contributed by atoms with Crippen LogP contribution in [0.4, 0.5) is 10.5 Å². The first kappa shape index (κ1) is 12.1. The summed E-state index contributed by atoms with van der Waals surface area (Å²) in [6, 6.07) is 5.56. The van der Waals surface area contributed by atoms with Crippen molar-refractivity contribution in [1.29, 1.82) is 0 Å². The van der Waals surface area contributed by atoms with Crippen molar-refractivity contribution < 1.29 is 19.4 Å². The van der Waals surface area contributed by atoms with Gasteiger partial charge in [0.2, 0.25) is 5.85 Å². The molecule has 3 rings (SSSR count). The Morgan fingerprint density at radius 2 is 2.32 bits per heavy atom. The van der Waals surface area contributed by atoms with Crippen LogP contribution in [0.2, 0.25) is 0 Å². The molecule has 0 aromatic heterocycles. The summed E-state index contributed by atoms with van der Waals surface area (Å²) in [7, 11) is 2.91. The molecule has 2 aliphatic rings. The molecule has 0 radical (unpaired) electrons. The lowest BCUT2D eigenvalue weighted by Crippen LogP contribution is -2.53. The summed E-state index contributed by atoms with van der Waals surface area (Å²) in [4.78, 5) is 13.0. The van der Waals surface area contributed by atoms with Crippen molar-refractivity contribution in [3.63, 3.8) is 0 Å². The Bertz CT molecular complexity index is 533. The average Bonchev–Trinajstić information content (AvgIpc) is 2.88. The van der Waals surface area contributed by atoms with Crippen molar-refractivity contribution >= 4 is 11.8 Å². The Morgan fingerprint density at radius 3 is 3.00 bits per heavy atom. The van der Waals surface area contributed by atoms with E-state index in [4.69, 9.17) is 9.47 Å². The number of hydrogen-bond acceptors (Lipinski definition) is 5. The number of rotatable bonds is 1. The number of aliphatic hydroxyl groups is 1. The third kappa shape index (κ3) is 1.56. The van der Waals surface area contributed by atoms with Crippen LogP contribution >= 0.6 is 0 Å². The zero-order chi connectivity index (χ0) is 13.6. The Labute approximate surface area is 110 Å². The van der Waals surface area contributed by atoms with Gasteiger partial charge in [-0.3, -0.25) is 4.90 Å². The van der Waals surface area contributed by atoms with Gasteiger partial charge in [0, 0.05) is 12.2 Å². The molecule has 1 aromatic carbocycles. The molecule has 2 unspecified atom stereocenters. The summed E-state index contributed by atoms with van der Waals surface area (Å²) >= 11 is 0. The van der Waals surface area contributed by atoms with Crippen LogP contribution in [0.25, 0.3) is 0 Å². The molecular formula is C13H16N2O4. The van der Waals surface area contributed by atoms with Gasteiger partial charge in [0.05, 0.1) is 20.1 Å². The molecular weight excluding hydrogens is 248 g/mol. The number of fused-ring (bicyclic) bond motifs is 3. The summed E-state index contributed by atoms with van der Waals surface area (Å²) in [5.74, 6) is -0.833. The van der Waals surface area contributed by atoms with Crippen molar-refractivity contribution in [2.75, 3.05) is 26.1 Å². The number of hydrogen-bond donors (Lipinski definition) is 2. The van der Waals surface area contributed by atoms with Crippen LogP contribution < -0.4 is 10.1 Å². The standard InChI is InChI=1S/C13H16N2O4/c1-18-8-3-4-11-9(7-8)10-5-6-15(12(16)19-2)13(10,17)14-11/h3-4,7,10,14,17H,5-6H2,1-2H3. The van der Waals surface area contributed by atoms with Crippen molar-refractivity contribution in [3.8, 4) is 5.75 Å². The second kappa shape index (κ2) is 4.03. The lowest BCUT2D eigenvalue weighted by atomic mass is 9.96. The maximum absolute atomic E-state index is 11.7. The summed E-state index contributed by atoms with van der Waals surface area (Å²) in [5.41, 5.74) is 1.79. The number of carbonyl (C=O) groups excluding carboxylic acids is 1. The SMILES string of the molecule is COC(=O)N1CCC2c3cc(OC)ccc3NC21O. The van der Waals surface area contributed by atoms with E-state index in [0.717, 1.165) is 17.0 Å². The molecule has 19 heavy (non-hydrogen) atoms. The number of benzene rings is 1. The van der Waals surface area contributed by atoms with Gasteiger partial charge in [0.1, 0.15) is 5.75 Å². The van der Waals surface area contributed by atoms with Crippen molar-refractivity contribution in [2.45, 2.75) is 18.2 Å². The van der Waals surface area contributed by atoms with Crippen LogP contribution in [0.5, 0.6) is 5.75 Å². The van der Waals surface area contributed by atoms with Crippen molar-refractivity contribution in [3.05, 3.63) is 23.8 Å². The van der Waals surface area contributed by atoms with E-state index < -0.39 is 11.9 Å². The molecule has 0 bridgehead atoms. The topological polar surface area (TPSA) is 71.0 Å². The van der Waals surface area contributed by atoms with Gasteiger partial charge < -0.3 is 19.9 Å². The molecule has 2 N–H and O–H groups in total. The molecule has 1 amide bonds. The molecule has 2 heterocycles. The van der Waals surface area contributed by atoms with E-state index in [9.17, 15) is 9.90 Å². The van der Waals surface area contributed by atoms with Crippen LogP contribution in [0.3, 0.4) is 0 Å². The molecule has 0 spiro atoms. The van der Waals surface area contributed by atoms with Crippen molar-refractivity contribution in [2.24, 2.45) is 0 Å². The van der Waals surface area contributed by atoms with Crippen LogP contribution in [-0.4, -0.2) is 42.7 Å². The van der Waals surface area contributed by atoms with Gasteiger partial charge >= 0.3 is 6.09 Å². The van der Waals surface area contributed by atoms with E-state index in [1.807, 2.05) is 18.2 Å². The molecule has 0 saturated carbocycles. The maximum atomic E-state index is 11.7. The van der Waals surface area contributed by atoms with Gasteiger partial charge in [-0.2, -0.15) is 0 Å². The van der Waals surface area contributed by atoms with E-state index in [1.54, 1.807) is 7.11 Å². The number of nitrogens with zero attached hydrogens (tertiary/aromatic N) is 1. The normalized spacial score (nSPS) is 27.5. The zero-order valence-electron chi connectivity index (χ0n) is 10.8. The molecule has 102 valence electrons. The van der Waals surface area contributed by atoms with Gasteiger partial charge in [-0.15, -0.1) is 0 Å². The third-order valence-corrected chi connectivity index (χ3v) is 3.89. The highest BCUT2D eigenvalue weighted by atomic mass is 16.5. The van der Waals surface area contributed by atoms with E-state index in [-0.39, 0.29) is 5.92 Å². The smallest absolute Gasteiger partial charge is 0.413 e. The fourth-order valence-corrected chi connectivity index (χ4v) is 2.95. The Kier molecular flexibility index (Phi) is 2.56. The Morgan fingerprint density at radius 1 is 1.53 bits per heavy atom.